The molecule has 1 unspecified atom stereocenters. The molecule has 2 rings (SSSR count). The normalized spacial score (nSPS) is 14.2. The molecule has 0 saturated heterocycles. The number of carboxylic acids is 1. The number of carboxylic acid groups (broad SMARTS) is 1. The van der Waals surface area contributed by atoms with Crippen molar-refractivity contribution >= 4 is 17.0 Å². The van der Waals surface area contributed by atoms with Crippen LogP contribution in [0.15, 0.2) is 24.5 Å². The number of nitrogens with two attached hydrogens (primary N) is 1. The van der Waals surface area contributed by atoms with Gasteiger partial charge in [-0.1, -0.05) is 26.3 Å². The molecule has 0 fully saturated rings. The van der Waals surface area contributed by atoms with E-state index in [1.165, 1.54) is 0 Å². The van der Waals surface area contributed by atoms with Crippen LogP contribution in [0.4, 0.5) is 0 Å². The molecule has 5 heteroatoms. The molecular formula is C16H23N3O2. The van der Waals surface area contributed by atoms with Crippen molar-refractivity contribution in [2.75, 3.05) is 0 Å². The van der Waals surface area contributed by atoms with Crippen LogP contribution in [0, 0.1) is 0 Å². The summed E-state index contributed by atoms with van der Waals surface area (Å²) < 4.78 is 2.13. The first kappa shape index (κ1) is 15.5. The first-order valence-corrected chi connectivity index (χ1v) is 7.46. The highest BCUT2D eigenvalue weighted by molar-refractivity contribution is 5.80. The summed E-state index contributed by atoms with van der Waals surface area (Å²) in [6.07, 6.45) is 4.81. The van der Waals surface area contributed by atoms with Crippen molar-refractivity contribution in [2.45, 2.75) is 51.6 Å². The molecule has 0 spiro atoms. The summed E-state index contributed by atoms with van der Waals surface area (Å²) in [7, 11) is 0. The second kappa shape index (κ2) is 6.26. The molecule has 0 aliphatic rings. The highest BCUT2D eigenvalue weighted by Gasteiger charge is 2.32. The van der Waals surface area contributed by atoms with Crippen molar-refractivity contribution < 1.29 is 9.90 Å². The van der Waals surface area contributed by atoms with Gasteiger partial charge in [0.2, 0.25) is 0 Å². The SMILES string of the molecule is CCCCn1cnc2cc(CC(N)(CC)C(=O)O)ccc21. The Morgan fingerprint density at radius 1 is 1.43 bits per heavy atom. The molecule has 0 saturated carbocycles. The smallest absolute Gasteiger partial charge is 0.324 e. The van der Waals surface area contributed by atoms with Crippen LogP contribution in [0.2, 0.25) is 0 Å². The number of benzene rings is 1. The van der Waals surface area contributed by atoms with E-state index in [2.05, 4.69) is 16.5 Å². The predicted molar refractivity (Wildman–Crippen MR) is 83.2 cm³/mol. The van der Waals surface area contributed by atoms with Crippen LogP contribution >= 0.6 is 0 Å². The van der Waals surface area contributed by atoms with Gasteiger partial charge >= 0.3 is 5.97 Å². The lowest BCUT2D eigenvalue weighted by Crippen LogP contribution is -2.49. The quantitative estimate of drug-likeness (QED) is 0.821. The van der Waals surface area contributed by atoms with Gasteiger partial charge in [0.15, 0.2) is 0 Å². The van der Waals surface area contributed by atoms with E-state index >= 15 is 0 Å². The number of hydrogen-bond acceptors (Lipinski definition) is 3. The van der Waals surface area contributed by atoms with Gasteiger partial charge in [0.05, 0.1) is 17.4 Å². The fourth-order valence-electron chi connectivity index (χ4n) is 2.44. The Morgan fingerprint density at radius 3 is 2.81 bits per heavy atom. The lowest BCUT2D eigenvalue weighted by atomic mass is 9.89. The van der Waals surface area contributed by atoms with E-state index in [4.69, 9.17) is 5.73 Å². The minimum absolute atomic E-state index is 0.316. The summed E-state index contributed by atoms with van der Waals surface area (Å²) in [6.45, 7) is 4.91. The molecule has 1 aromatic heterocycles. The van der Waals surface area contributed by atoms with Crippen LogP contribution in [0.25, 0.3) is 11.0 Å². The van der Waals surface area contributed by atoms with E-state index in [-0.39, 0.29) is 0 Å². The fourth-order valence-corrected chi connectivity index (χ4v) is 2.44. The third kappa shape index (κ3) is 3.24. The molecule has 0 bridgehead atoms. The summed E-state index contributed by atoms with van der Waals surface area (Å²) in [5.41, 5.74) is 7.64. The van der Waals surface area contributed by atoms with Gasteiger partial charge in [0.1, 0.15) is 5.54 Å². The van der Waals surface area contributed by atoms with E-state index < -0.39 is 11.5 Å². The third-order valence-corrected chi connectivity index (χ3v) is 4.01. The van der Waals surface area contributed by atoms with E-state index in [1.54, 1.807) is 6.92 Å². The standard InChI is InChI=1S/C16H23N3O2/c1-3-5-8-19-11-18-13-9-12(6-7-14(13)19)10-16(17,4-2)15(20)21/h6-7,9,11H,3-5,8,10,17H2,1-2H3,(H,20,21). The average Bonchev–Trinajstić information content (AvgIpc) is 2.87. The Hall–Kier alpha value is -1.88. The summed E-state index contributed by atoms with van der Waals surface area (Å²) in [4.78, 5) is 15.7. The maximum Gasteiger partial charge on any atom is 0.324 e. The van der Waals surface area contributed by atoms with Crippen molar-refractivity contribution in [3.63, 3.8) is 0 Å². The summed E-state index contributed by atoms with van der Waals surface area (Å²) in [6, 6.07) is 5.90. The summed E-state index contributed by atoms with van der Waals surface area (Å²) >= 11 is 0. The molecule has 5 nitrogen and oxygen atoms in total. The second-order valence-corrected chi connectivity index (χ2v) is 5.61. The van der Waals surface area contributed by atoms with Crippen LogP contribution in [-0.4, -0.2) is 26.2 Å². The minimum atomic E-state index is -1.21. The number of rotatable bonds is 7. The minimum Gasteiger partial charge on any atom is -0.480 e. The number of aliphatic carboxylic acids is 1. The van der Waals surface area contributed by atoms with Crippen LogP contribution in [0.1, 0.15) is 38.7 Å². The molecule has 2 aromatic rings. The number of unbranched alkanes of at least 4 members (excludes halogenated alkanes) is 1. The van der Waals surface area contributed by atoms with Crippen molar-refractivity contribution in [2.24, 2.45) is 5.73 Å². The van der Waals surface area contributed by atoms with Gasteiger partial charge in [-0.15, -0.1) is 0 Å². The maximum absolute atomic E-state index is 11.3. The number of nitrogens with zero attached hydrogens (tertiary/aromatic N) is 2. The zero-order valence-electron chi connectivity index (χ0n) is 12.7. The molecule has 114 valence electrons. The molecule has 1 atom stereocenters. The summed E-state index contributed by atoms with van der Waals surface area (Å²) in [5.74, 6) is -0.960. The molecule has 1 heterocycles. The number of carbonyl (C=O) groups is 1. The number of hydrogen-bond donors (Lipinski definition) is 2. The van der Waals surface area contributed by atoms with Gasteiger partial charge in [-0.05, 0) is 30.5 Å². The highest BCUT2D eigenvalue weighted by atomic mass is 16.4. The van der Waals surface area contributed by atoms with Crippen molar-refractivity contribution in [3.05, 3.63) is 30.1 Å². The van der Waals surface area contributed by atoms with Crippen molar-refractivity contribution in [3.8, 4) is 0 Å². The molecule has 0 radical (unpaired) electrons. The predicted octanol–water partition coefficient (Wildman–Crippen LogP) is 2.57. The van der Waals surface area contributed by atoms with Crippen LogP contribution in [0.5, 0.6) is 0 Å². The molecule has 0 aliphatic heterocycles. The number of aryl methyl sites for hydroxylation is 1. The van der Waals surface area contributed by atoms with E-state index in [0.29, 0.717) is 12.8 Å². The Labute approximate surface area is 124 Å². The summed E-state index contributed by atoms with van der Waals surface area (Å²) in [5, 5.41) is 9.26. The van der Waals surface area contributed by atoms with Crippen LogP contribution in [0.3, 0.4) is 0 Å². The molecule has 0 amide bonds. The van der Waals surface area contributed by atoms with E-state index in [9.17, 15) is 9.90 Å². The van der Waals surface area contributed by atoms with E-state index in [1.807, 2.05) is 24.5 Å². The van der Waals surface area contributed by atoms with Gasteiger partial charge in [-0.25, -0.2) is 4.98 Å². The maximum atomic E-state index is 11.3. The van der Waals surface area contributed by atoms with Gasteiger partial charge in [-0.3, -0.25) is 4.79 Å². The topological polar surface area (TPSA) is 81.1 Å². The van der Waals surface area contributed by atoms with Crippen molar-refractivity contribution in [1.29, 1.82) is 0 Å². The number of fused-ring (bicyclic) bond motifs is 1. The van der Waals surface area contributed by atoms with Crippen molar-refractivity contribution in [1.82, 2.24) is 9.55 Å². The largest absolute Gasteiger partial charge is 0.480 e. The van der Waals surface area contributed by atoms with E-state index in [0.717, 1.165) is 36.0 Å². The second-order valence-electron chi connectivity index (χ2n) is 5.61. The number of aromatic nitrogens is 2. The van der Waals surface area contributed by atoms with Gasteiger partial charge in [-0.2, -0.15) is 0 Å². The zero-order valence-corrected chi connectivity index (χ0v) is 12.7. The first-order chi connectivity index (χ1) is 10.00. The van der Waals surface area contributed by atoms with Crippen LogP contribution in [-0.2, 0) is 17.8 Å². The molecule has 1 aromatic carbocycles. The Bertz CT molecular complexity index is 635. The third-order valence-electron chi connectivity index (χ3n) is 4.01. The van der Waals surface area contributed by atoms with Gasteiger partial charge in [0, 0.05) is 13.0 Å². The Kier molecular flexibility index (Phi) is 4.63. The van der Waals surface area contributed by atoms with Gasteiger partial charge < -0.3 is 15.4 Å². The fraction of sp³-hybridized carbons (Fsp3) is 0.500. The molecule has 0 aliphatic carbocycles. The van der Waals surface area contributed by atoms with Gasteiger partial charge in [0.25, 0.3) is 0 Å². The number of imidazole rings is 1. The monoisotopic (exact) mass is 289 g/mol. The molecule has 21 heavy (non-hydrogen) atoms. The Balaban J connectivity index is 2.26. The molecule has 3 N–H and O–H groups in total. The lowest BCUT2D eigenvalue weighted by Gasteiger charge is -2.22. The first-order valence-electron chi connectivity index (χ1n) is 7.46. The highest BCUT2D eigenvalue weighted by Crippen LogP contribution is 2.20. The lowest BCUT2D eigenvalue weighted by molar-refractivity contribution is -0.143. The average molecular weight is 289 g/mol. The Morgan fingerprint density at radius 2 is 2.19 bits per heavy atom. The van der Waals surface area contributed by atoms with Crippen LogP contribution < -0.4 is 5.73 Å². The zero-order chi connectivity index (χ0) is 15.5. The molecular weight excluding hydrogens is 266 g/mol.